The number of para-hydroxylation sites is 2. The van der Waals surface area contributed by atoms with Crippen molar-refractivity contribution in [2.75, 3.05) is 19.0 Å². The van der Waals surface area contributed by atoms with Crippen molar-refractivity contribution in [2.24, 2.45) is 0 Å². The summed E-state index contributed by atoms with van der Waals surface area (Å²) in [4.78, 5) is 23.6. The normalized spacial score (nSPS) is 11.2. The van der Waals surface area contributed by atoms with Crippen molar-refractivity contribution < 1.29 is 40.7 Å². The summed E-state index contributed by atoms with van der Waals surface area (Å²) < 4.78 is 73.0. The highest BCUT2D eigenvalue weighted by atomic mass is 32.2. The van der Waals surface area contributed by atoms with Crippen LogP contribution >= 0.6 is 0 Å². The van der Waals surface area contributed by atoms with Gasteiger partial charge in [0.05, 0.1) is 16.1 Å². The minimum atomic E-state index is -3.94. The Morgan fingerprint density at radius 1 is 1.14 bits per heavy atom. The van der Waals surface area contributed by atoms with Gasteiger partial charge in [0.2, 0.25) is 10.0 Å². The molecule has 1 amide bonds. The molecule has 0 unspecified atom stereocenters. The van der Waals surface area contributed by atoms with E-state index in [1.54, 1.807) is 0 Å². The molecule has 0 aliphatic heterocycles. The maximum absolute atomic E-state index is 13.9. The van der Waals surface area contributed by atoms with E-state index < -0.39 is 46.5 Å². The SMILES string of the molecule is CNS(=O)(=O)c1ccc(F)c(C(=O)OCC(=O)Nc2ccccc2OC(F)F)c1. The molecule has 8 nitrogen and oxygen atoms in total. The number of hydrogen-bond acceptors (Lipinski definition) is 6. The molecule has 0 aromatic heterocycles. The van der Waals surface area contributed by atoms with Gasteiger partial charge in [0.15, 0.2) is 6.61 Å². The second-order valence-electron chi connectivity index (χ2n) is 5.35. The number of carbonyl (C=O) groups is 2. The number of rotatable bonds is 8. The topological polar surface area (TPSA) is 111 Å². The van der Waals surface area contributed by atoms with E-state index >= 15 is 0 Å². The summed E-state index contributed by atoms with van der Waals surface area (Å²) in [5.41, 5.74) is -0.794. The molecule has 0 bridgehead atoms. The molecular formula is C17H15F3N2O6S. The van der Waals surface area contributed by atoms with E-state index in [-0.39, 0.29) is 16.3 Å². The Bertz CT molecular complexity index is 1010. The third-order valence-electron chi connectivity index (χ3n) is 3.45. The monoisotopic (exact) mass is 432 g/mol. The third kappa shape index (κ3) is 5.93. The van der Waals surface area contributed by atoms with Gasteiger partial charge in [0.1, 0.15) is 11.6 Å². The Balaban J connectivity index is 2.06. The highest BCUT2D eigenvalue weighted by Gasteiger charge is 2.20. The molecule has 2 N–H and O–H groups in total. The van der Waals surface area contributed by atoms with Gasteiger partial charge in [0, 0.05) is 0 Å². The van der Waals surface area contributed by atoms with Gasteiger partial charge in [-0.05, 0) is 37.4 Å². The summed E-state index contributed by atoms with van der Waals surface area (Å²) in [6.45, 7) is -4.00. The van der Waals surface area contributed by atoms with E-state index in [0.717, 1.165) is 25.2 Å². The summed E-state index contributed by atoms with van der Waals surface area (Å²) in [6, 6.07) is 7.79. The number of carbonyl (C=O) groups excluding carboxylic acids is 2. The van der Waals surface area contributed by atoms with Crippen molar-refractivity contribution in [3.05, 3.63) is 53.8 Å². The molecule has 2 aromatic rings. The van der Waals surface area contributed by atoms with Gasteiger partial charge in [-0.3, -0.25) is 4.79 Å². The Hall–Kier alpha value is -3.12. The Morgan fingerprint density at radius 2 is 1.83 bits per heavy atom. The van der Waals surface area contributed by atoms with Gasteiger partial charge >= 0.3 is 12.6 Å². The average molecular weight is 432 g/mol. The van der Waals surface area contributed by atoms with Gasteiger partial charge in [-0.15, -0.1) is 0 Å². The van der Waals surface area contributed by atoms with Crippen molar-refractivity contribution in [1.82, 2.24) is 4.72 Å². The first-order chi connectivity index (χ1) is 13.6. The molecule has 0 fully saturated rings. The lowest BCUT2D eigenvalue weighted by Crippen LogP contribution is -2.23. The lowest BCUT2D eigenvalue weighted by Gasteiger charge is -2.12. The Kier molecular flexibility index (Phi) is 7.18. The van der Waals surface area contributed by atoms with E-state index in [9.17, 15) is 31.2 Å². The second-order valence-corrected chi connectivity index (χ2v) is 7.23. The molecule has 2 aromatic carbocycles. The molecule has 0 saturated heterocycles. The predicted octanol–water partition coefficient (Wildman–Crippen LogP) is 2.13. The Labute approximate surface area is 163 Å². The predicted molar refractivity (Wildman–Crippen MR) is 94.6 cm³/mol. The van der Waals surface area contributed by atoms with Crippen molar-refractivity contribution in [3.63, 3.8) is 0 Å². The molecule has 0 saturated carbocycles. The summed E-state index contributed by atoms with van der Waals surface area (Å²) >= 11 is 0. The standard InChI is InChI=1S/C17H15F3N2O6S/c1-21-29(25,26)10-6-7-12(18)11(8-10)16(24)27-9-15(23)22-13-4-2-3-5-14(13)28-17(19)20/h2-8,17,21H,9H2,1H3,(H,22,23). The number of sulfonamides is 1. The van der Waals surface area contributed by atoms with Crippen LogP contribution in [0.5, 0.6) is 5.75 Å². The van der Waals surface area contributed by atoms with Gasteiger partial charge < -0.3 is 14.8 Å². The third-order valence-corrected chi connectivity index (χ3v) is 4.86. The second kappa shape index (κ2) is 9.39. The number of benzene rings is 2. The molecule has 2 rings (SSSR count). The van der Waals surface area contributed by atoms with Gasteiger partial charge in [-0.1, -0.05) is 12.1 Å². The van der Waals surface area contributed by atoms with Crippen LogP contribution in [0.25, 0.3) is 0 Å². The Morgan fingerprint density at radius 3 is 2.48 bits per heavy atom. The molecule has 0 aliphatic carbocycles. The maximum Gasteiger partial charge on any atom is 0.387 e. The number of ether oxygens (including phenoxy) is 2. The number of nitrogens with one attached hydrogen (secondary N) is 2. The quantitative estimate of drug-likeness (QED) is 0.619. The van der Waals surface area contributed by atoms with Gasteiger partial charge in [-0.25, -0.2) is 22.3 Å². The largest absolute Gasteiger partial charge is 0.452 e. The zero-order chi connectivity index (χ0) is 21.6. The number of amides is 1. The van der Waals surface area contributed by atoms with Crippen LogP contribution in [0.1, 0.15) is 10.4 Å². The number of anilines is 1. The summed E-state index contributed by atoms with van der Waals surface area (Å²) in [5.74, 6) is -3.56. The van der Waals surface area contributed by atoms with Crippen LogP contribution in [0.3, 0.4) is 0 Å². The maximum atomic E-state index is 13.9. The minimum absolute atomic E-state index is 0.0952. The van der Waals surface area contributed by atoms with E-state index in [4.69, 9.17) is 0 Å². The first kappa shape index (κ1) is 22.2. The molecule has 0 atom stereocenters. The number of halogens is 3. The molecular weight excluding hydrogens is 417 g/mol. The first-order valence-corrected chi connectivity index (χ1v) is 9.36. The fourth-order valence-corrected chi connectivity index (χ4v) is 2.87. The highest BCUT2D eigenvalue weighted by molar-refractivity contribution is 7.89. The molecule has 12 heteroatoms. The van der Waals surface area contributed by atoms with E-state index in [1.807, 2.05) is 4.72 Å². The molecule has 29 heavy (non-hydrogen) atoms. The summed E-state index contributed by atoms with van der Waals surface area (Å²) in [7, 11) is -2.80. The fraction of sp³-hybridized carbons (Fsp3) is 0.176. The first-order valence-electron chi connectivity index (χ1n) is 7.88. The van der Waals surface area contributed by atoms with Crippen LogP contribution < -0.4 is 14.8 Å². The number of esters is 1. The molecule has 0 radical (unpaired) electrons. The zero-order valence-corrected chi connectivity index (χ0v) is 15.6. The van der Waals surface area contributed by atoms with Crippen LogP contribution in [-0.2, 0) is 19.6 Å². The van der Waals surface area contributed by atoms with Gasteiger partial charge in [-0.2, -0.15) is 8.78 Å². The van der Waals surface area contributed by atoms with Crippen molar-refractivity contribution in [2.45, 2.75) is 11.5 Å². The summed E-state index contributed by atoms with van der Waals surface area (Å²) in [5, 5.41) is 2.21. The van der Waals surface area contributed by atoms with Gasteiger partial charge in [0.25, 0.3) is 5.91 Å². The minimum Gasteiger partial charge on any atom is -0.452 e. The van der Waals surface area contributed by atoms with Crippen LogP contribution in [-0.4, -0.2) is 40.6 Å². The lowest BCUT2D eigenvalue weighted by molar-refractivity contribution is -0.119. The van der Waals surface area contributed by atoms with E-state index in [1.165, 1.54) is 24.3 Å². The van der Waals surface area contributed by atoms with Crippen LogP contribution in [0.4, 0.5) is 18.9 Å². The molecule has 0 aliphatic rings. The van der Waals surface area contributed by atoms with Crippen molar-refractivity contribution >= 4 is 27.6 Å². The highest BCUT2D eigenvalue weighted by Crippen LogP contribution is 2.25. The number of alkyl halides is 2. The van der Waals surface area contributed by atoms with Crippen LogP contribution in [0.15, 0.2) is 47.4 Å². The molecule has 0 spiro atoms. The lowest BCUT2D eigenvalue weighted by atomic mass is 10.2. The van der Waals surface area contributed by atoms with E-state index in [0.29, 0.717) is 0 Å². The molecule has 156 valence electrons. The zero-order valence-electron chi connectivity index (χ0n) is 14.8. The average Bonchev–Trinajstić information content (AvgIpc) is 2.67. The number of hydrogen-bond donors (Lipinski definition) is 2. The smallest absolute Gasteiger partial charge is 0.387 e. The van der Waals surface area contributed by atoms with Crippen LogP contribution in [0, 0.1) is 5.82 Å². The van der Waals surface area contributed by atoms with Crippen molar-refractivity contribution in [1.29, 1.82) is 0 Å². The fourth-order valence-electron chi connectivity index (χ4n) is 2.11. The summed E-state index contributed by atoms with van der Waals surface area (Å²) in [6.07, 6.45) is 0. The van der Waals surface area contributed by atoms with E-state index in [2.05, 4.69) is 14.8 Å². The van der Waals surface area contributed by atoms with Crippen molar-refractivity contribution in [3.8, 4) is 5.75 Å². The molecule has 0 heterocycles. The van der Waals surface area contributed by atoms with Crippen LogP contribution in [0.2, 0.25) is 0 Å².